The van der Waals surface area contributed by atoms with Gasteiger partial charge in [0.1, 0.15) is 13.2 Å². The molecule has 1 unspecified atom stereocenters. The summed E-state index contributed by atoms with van der Waals surface area (Å²) in [5, 5.41) is 0. The summed E-state index contributed by atoms with van der Waals surface area (Å²) < 4.78 is 16.7. The number of carbonyl (C=O) groups is 3. The number of hydrogen-bond acceptors (Lipinski definition) is 6. The molecule has 0 aliphatic rings. The number of esters is 3. The molecule has 0 N–H and O–H groups in total. The molecule has 0 aromatic heterocycles. The van der Waals surface area contributed by atoms with Gasteiger partial charge in [0.2, 0.25) is 0 Å². The fourth-order valence-corrected chi connectivity index (χ4v) is 6.98. The Hall–Kier alpha value is -2.63. The van der Waals surface area contributed by atoms with Gasteiger partial charge < -0.3 is 14.2 Å². The van der Waals surface area contributed by atoms with Crippen LogP contribution in [0.1, 0.15) is 245 Å². The van der Waals surface area contributed by atoms with Gasteiger partial charge in [-0.25, -0.2) is 0 Å². The molecule has 0 saturated heterocycles. The van der Waals surface area contributed by atoms with Crippen LogP contribution >= 0.6 is 0 Å². The molecule has 0 aromatic rings. The molecule has 0 aliphatic carbocycles. The first-order valence-electron chi connectivity index (χ1n) is 24.7. The van der Waals surface area contributed by atoms with Crippen molar-refractivity contribution in [2.75, 3.05) is 13.2 Å². The van der Waals surface area contributed by atoms with Gasteiger partial charge in [0, 0.05) is 19.3 Å². The number of ether oxygens (including phenoxy) is 3. The Morgan fingerprint density at radius 3 is 1.05 bits per heavy atom. The Morgan fingerprint density at radius 2 is 0.672 bits per heavy atom. The van der Waals surface area contributed by atoms with E-state index in [0.29, 0.717) is 12.8 Å². The van der Waals surface area contributed by atoms with Crippen LogP contribution in [0.4, 0.5) is 0 Å². The van der Waals surface area contributed by atoms with Gasteiger partial charge in [0.25, 0.3) is 0 Å². The van der Waals surface area contributed by atoms with E-state index in [2.05, 4.69) is 32.9 Å². The predicted molar refractivity (Wildman–Crippen MR) is 247 cm³/mol. The summed E-state index contributed by atoms with van der Waals surface area (Å²) >= 11 is 0. The molecule has 0 aliphatic heterocycles. The van der Waals surface area contributed by atoms with E-state index in [9.17, 15) is 14.4 Å². The van der Waals surface area contributed by atoms with Crippen molar-refractivity contribution in [1.82, 2.24) is 0 Å². The van der Waals surface area contributed by atoms with Crippen LogP contribution in [0.15, 0.2) is 48.6 Å². The van der Waals surface area contributed by atoms with E-state index < -0.39 is 6.10 Å². The fourth-order valence-electron chi connectivity index (χ4n) is 6.98. The van der Waals surface area contributed by atoms with Gasteiger partial charge in [-0.15, -0.1) is 0 Å². The van der Waals surface area contributed by atoms with E-state index in [4.69, 9.17) is 14.2 Å². The maximum absolute atomic E-state index is 12.7. The summed E-state index contributed by atoms with van der Waals surface area (Å²) in [6, 6.07) is 0. The highest BCUT2D eigenvalue weighted by atomic mass is 16.6. The molecule has 6 heteroatoms. The number of carbonyl (C=O) groups excluding carboxylic acids is 3. The number of hydrogen-bond donors (Lipinski definition) is 0. The van der Waals surface area contributed by atoms with Gasteiger partial charge in [-0.3, -0.25) is 14.4 Å². The van der Waals surface area contributed by atoms with Crippen molar-refractivity contribution in [1.29, 1.82) is 0 Å². The smallest absolute Gasteiger partial charge is 0.306 e. The van der Waals surface area contributed by atoms with Crippen molar-refractivity contribution in [3.05, 3.63) is 48.6 Å². The van der Waals surface area contributed by atoms with Gasteiger partial charge in [-0.05, 0) is 38.5 Å². The molecule has 336 valence electrons. The van der Waals surface area contributed by atoms with Gasteiger partial charge in [-0.2, -0.15) is 0 Å². The third-order valence-electron chi connectivity index (χ3n) is 10.7. The van der Waals surface area contributed by atoms with Crippen molar-refractivity contribution in [3.63, 3.8) is 0 Å². The SMILES string of the molecule is CC\C=C/C=C\C=C/C=C\CCCCCC(=O)OC(COC(=O)CCCCCCCCCCCC)COC(=O)CCCCCCCCCCCCCCCCCCC. The van der Waals surface area contributed by atoms with Crippen LogP contribution in [0, 0.1) is 0 Å². The molecule has 0 radical (unpaired) electrons. The average molecular weight is 813 g/mol. The monoisotopic (exact) mass is 813 g/mol. The lowest BCUT2D eigenvalue weighted by molar-refractivity contribution is -0.167. The van der Waals surface area contributed by atoms with Gasteiger partial charge in [0.05, 0.1) is 0 Å². The molecule has 0 spiro atoms. The van der Waals surface area contributed by atoms with Crippen molar-refractivity contribution in [2.24, 2.45) is 0 Å². The predicted octanol–water partition coefficient (Wildman–Crippen LogP) is 15.9. The normalized spacial score (nSPS) is 12.4. The second-order valence-corrected chi connectivity index (χ2v) is 16.5. The minimum absolute atomic E-state index is 0.0859. The Labute approximate surface area is 358 Å². The molecule has 0 amide bonds. The number of rotatable bonds is 44. The van der Waals surface area contributed by atoms with Crippen LogP contribution in [0.2, 0.25) is 0 Å². The van der Waals surface area contributed by atoms with E-state index >= 15 is 0 Å². The highest BCUT2D eigenvalue weighted by Gasteiger charge is 2.19. The second kappa shape index (κ2) is 47.1. The van der Waals surface area contributed by atoms with Crippen molar-refractivity contribution < 1.29 is 28.6 Å². The first-order valence-corrected chi connectivity index (χ1v) is 24.7. The third kappa shape index (κ3) is 44.5. The first-order chi connectivity index (χ1) is 28.5. The standard InChI is InChI=1S/C52H92O6/c1-4-7-10-13-16-19-22-24-25-26-27-29-30-33-36-39-42-45-51(54)57-48-49(47-56-50(53)44-41-38-35-32-21-18-15-12-9-6-3)58-52(55)46-43-40-37-34-31-28-23-20-17-14-11-8-5-2/h8,11,14,17,20,23,28,31,49H,4-7,9-10,12-13,15-16,18-19,21-22,24-27,29-30,32-48H2,1-3H3/b11-8-,17-14-,23-20-,31-28-. The van der Waals surface area contributed by atoms with Gasteiger partial charge >= 0.3 is 17.9 Å². The molecule has 0 bridgehead atoms. The molecule has 0 aromatic carbocycles. The summed E-state index contributed by atoms with van der Waals surface area (Å²) in [5.74, 6) is -0.920. The Balaban J connectivity index is 4.36. The summed E-state index contributed by atoms with van der Waals surface area (Å²) in [6.07, 6.45) is 55.3. The number of allylic oxidation sites excluding steroid dienone is 8. The Bertz CT molecular complexity index is 1030. The van der Waals surface area contributed by atoms with Crippen LogP contribution in [-0.2, 0) is 28.6 Å². The average Bonchev–Trinajstić information content (AvgIpc) is 3.22. The lowest BCUT2D eigenvalue weighted by atomic mass is 10.0. The fraction of sp³-hybridized carbons (Fsp3) is 0.788. The molecule has 0 fully saturated rings. The minimum Gasteiger partial charge on any atom is -0.462 e. The molecular formula is C52H92O6. The summed E-state index contributed by atoms with van der Waals surface area (Å²) in [4.78, 5) is 37.8. The zero-order valence-corrected chi connectivity index (χ0v) is 38.3. The highest BCUT2D eigenvalue weighted by Crippen LogP contribution is 2.16. The van der Waals surface area contributed by atoms with Crippen LogP contribution < -0.4 is 0 Å². The van der Waals surface area contributed by atoms with Crippen molar-refractivity contribution in [3.8, 4) is 0 Å². The molecule has 0 saturated carbocycles. The first kappa shape index (κ1) is 55.4. The van der Waals surface area contributed by atoms with E-state index in [1.54, 1.807) is 0 Å². The zero-order chi connectivity index (χ0) is 42.3. The second-order valence-electron chi connectivity index (χ2n) is 16.5. The van der Waals surface area contributed by atoms with Crippen LogP contribution in [0.25, 0.3) is 0 Å². The highest BCUT2D eigenvalue weighted by molar-refractivity contribution is 5.71. The number of unbranched alkanes of at least 4 members (excludes halogenated alkanes) is 28. The van der Waals surface area contributed by atoms with Crippen LogP contribution in [0.3, 0.4) is 0 Å². The van der Waals surface area contributed by atoms with Gasteiger partial charge in [0.15, 0.2) is 6.10 Å². The van der Waals surface area contributed by atoms with Crippen LogP contribution in [-0.4, -0.2) is 37.2 Å². The molecule has 58 heavy (non-hydrogen) atoms. The Morgan fingerprint density at radius 1 is 0.362 bits per heavy atom. The van der Waals surface area contributed by atoms with Crippen LogP contribution in [0.5, 0.6) is 0 Å². The minimum atomic E-state index is -0.787. The van der Waals surface area contributed by atoms with Crippen molar-refractivity contribution >= 4 is 17.9 Å². The summed E-state index contributed by atoms with van der Waals surface area (Å²) in [7, 11) is 0. The van der Waals surface area contributed by atoms with E-state index in [0.717, 1.165) is 70.6 Å². The quantitative estimate of drug-likeness (QED) is 0.0264. The van der Waals surface area contributed by atoms with E-state index in [-0.39, 0.29) is 37.5 Å². The molecule has 6 nitrogen and oxygen atoms in total. The molecule has 0 heterocycles. The summed E-state index contributed by atoms with van der Waals surface area (Å²) in [5.41, 5.74) is 0. The Kier molecular flexibility index (Phi) is 44.9. The van der Waals surface area contributed by atoms with E-state index in [1.165, 1.54) is 135 Å². The topological polar surface area (TPSA) is 78.9 Å². The zero-order valence-electron chi connectivity index (χ0n) is 38.3. The summed E-state index contributed by atoms with van der Waals surface area (Å²) in [6.45, 7) is 6.46. The lowest BCUT2D eigenvalue weighted by Gasteiger charge is -2.18. The van der Waals surface area contributed by atoms with E-state index in [1.807, 2.05) is 36.5 Å². The van der Waals surface area contributed by atoms with Gasteiger partial charge in [-0.1, -0.05) is 236 Å². The largest absolute Gasteiger partial charge is 0.462 e. The maximum Gasteiger partial charge on any atom is 0.306 e. The molecule has 0 rings (SSSR count). The third-order valence-corrected chi connectivity index (χ3v) is 10.7. The molecule has 1 atom stereocenters. The molecular weight excluding hydrogens is 721 g/mol. The lowest BCUT2D eigenvalue weighted by Crippen LogP contribution is -2.30. The van der Waals surface area contributed by atoms with Crippen molar-refractivity contribution in [2.45, 2.75) is 252 Å². The maximum atomic E-state index is 12.7.